The third kappa shape index (κ3) is 1.78. The molecule has 0 aromatic carbocycles. The van der Waals surface area contributed by atoms with Crippen LogP contribution in [0.3, 0.4) is 0 Å². The number of hydrogen-bond donors (Lipinski definition) is 2. The molecule has 2 N–H and O–H groups in total. The van der Waals surface area contributed by atoms with Gasteiger partial charge in [0.15, 0.2) is 5.90 Å². The van der Waals surface area contributed by atoms with E-state index in [1.54, 1.807) is 0 Å². The normalized spacial score (nSPS) is 39.7. The van der Waals surface area contributed by atoms with Crippen molar-refractivity contribution in [2.24, 2.45) is 11.3 Å². The first kappa shape index (κ1) is 9.97. The van der Waals surface area contributed by atoms with Crippen LogP contribution in [0.15, 0.2) is 0 Å². The zero-order valence-electron chi connectivity index (χ0n) is 9.26. The molecular formula is C11H20N2O. The van der Waals surface area contributed by atoms with Gasteiger partial charge in [-0.25, -0.2) is 0 Å². The number of rotatable bonds is 3. The molecule has 1 aliphatic heterocycles. The van der Waals surface area contributed by atoms with Crippen molar-refractivity contribution in [3.05, 3.63) is 0 Å². The van der Waals surface area contributed by atoms with Gasteiger partial charge in [-0.05, 0) is 24.2 Å². The summed E-state index contributed by atoms with van der Waals surface area (Å²) in [6, 6.07) is 0.827. The molecule has 80 valence electrons. The van der Waals surface area contributed by atoms with Gasteiger partial charge in [0.25, 0.3) is 0 Å². The van der Waals surface area contributed by atoms with Crippen molar-refractivity contribution >= 4 is 5.90 Å². The van der Waals surface area contributed by atoms with Crippen LogP contribution in [-0.4, -0.2) is 24.6 Å². The van der Waals surface area contributed by atoms with Crippen molar-refractivity contribution in [2.45, 2.75) is 45.7 Å². The van der Waals surface area contributed by atoms with Gasteiger partial charge in [-0.3, -0.25) is 5.41 Å². The van der Waals surface area contributed by atoms with E-state index in [9.17, 15) is 0 Å². The molecule has 2 rings (SSSR count). The average Bonchev–Trinajstić information content (AvgIpc) is 2.61. The summed E-state index contributed by atoms with van der Waals surface area (Å²) in [7, 11) is 0. The molecule has 0 aromatic rings. The Morgan fingerprint density at radius 2 is 2.29 bits per heavy atom. The van der Waals surface area contributed by atoms with Gasteiger partial charge in [0.05, 0.1) is 12.6 Å². The van der Waals surface area contributed by atoms with Gasteiger partial charge in [0, 0.05) is 6.04 Å². The first-order valence-corrected chi connectivity index (χ1v) is 5.48. The maximum absolute atomic E-state index is 7.79. The first-order chi connectivity index (χ1) is 6.51. The lowest BCUT2D eigenvalue weighted by Crippen LogP contribution is -2.35. The number of hydrogen-bond acceptors (Lipinski definition) is 3. The highest BCUT2D eigenvalue weighted by molar-refractivity contribution is 5.79. The van der Waals surface area contributed by atoms with Gasteiger partial charge in [0.2, 0.25) is 0 Å². The van der Waals surface area contributed by atoms with E-state index in [2.05, 4.69) is 26.1 Å². The maximum atomic E-state index is 7.79. The molecule has 0 bridgehead atoms. The van der Waals surface area contributed by atoms with E-state index in [-0.39, 0.29) is 6.04 Å². The molecule has 2 fully saturated rings. The molecule has 1 heterocycles. The molecular weight excluding hydrogens is 176 g/mol. The Labute approximate surface area is 85.7 Å². The van der Waals surface area contributed by atoms with Crippen LogP contribution >= 0.6 is 0 Å². The molecule has 3 heteroatoms. The van der Waals surface area contributed by atoms with E-state index in [1.165, 1.54) is 6.42 Å². The van der Waals surface area contributed by atoms with Crippen LogP contribution < -0.4 is 5.32 Å². The van der Waals surface area contributed by atoms with Crippen LogP contribution in [0.4, 0.5) is 0 Å². The first-order valence-electron chi connectivity index (χ1n) is 5.48. The van der Waals surface area contributed by atoms with Crippen molar-refractivity contribution in [1.29, 1.82) is 5.41 Å². The highest BCUT2D eigenvalue weighted by Gasteiger charge is 2.57. The van der Waals surface area contributed by atoms with Gasteiger partial charge in [-0.1, -0.05) is 20.8 Å². The summed E-state index contributed by atoms with van der Waals surface area (Å²) in [6.07, 6.45) is 2.36. The topological polar surface area (TPSA) is 45.1 Å². The Morgan fingerprint density at radius 1 is 1.57 bits per heavy atom. The van der Waals surface area contributed by atoms with Crippen molar-refractivity contribution in [3.63, 3.8) is 0 Å². The summed E-state index contributed by atoms with van der Waals surface area (Å²) in [5, 5.41) is 11.2. The standard InChI is InChI=1S/C11H20N2O/c1-7(2)6-14-10(12)8-4-11(3)5-9(11)13-8/h7-9,12-13H,4-6H2,1-3H3/t8-,9?,11+/m0/s1. The fourth-order valence-corrected chi connectivity index (χ4v) is 2.19. The summed E-state index contributed by atoms with van der Waals surface area (Å²) in [6.45, 7) is 7.17. The molecule has 0 spiro atoms. The van der Waals surface area contributed by atoms with E-state index < -0.39 is 0 Å². The Kier molecular flexibility index (Phi) is 2.30. The summed E-state index contributed by atoms with van der Waals surface area (Å²) in [5.74, 6) is 0.939. The Hall–Kier alpha value is -0.570. The summed E-state index contributed by atoms with van der Waals surface area (Å²) >= 11 is 0. The van der Waals surface area contributed by atoms with E-state index in [4.69, 9.17) is 10.1 Å². The van der Waals surface area contributed by atoms with Crippen LogP contribution in [0.2, 0.25) is 0 Å². The predicted octanol–water partition coefficient (Wildman–Crippen LogP) is 1.78. The molecule has 1 aliphatic carbocycles. The largest absolute Gasteiger partial charge is 0.480 e. The Morgan fingerprint density at radius 3 is 2.79 bits per heavy atom. The third-order valence-electron chi connectivity index (χ3n) is 3.31. The zero-order valence-corrected chi connectivity index (χ0v) is 9.26. The van der Waals surface area contributed by atoms with Gasteiger partial charge in [0.1, 0.15) is 0 Å². The van der Waals surface area contributed by atoms with E-state index >= 15 is 0 Å². The van der Waals surface area contributed by atoms with E-state index in [0.29, 0.717) is 29.9 Å². The molecule has 0 amide bonds. The Balaban J connectivity index is 1.77. The van der Waals surface area contributed by atoms with Crippen molar-refractivity contribution in [2.75, 3.05) is 6.61 Å². The lowest BCUT2D eigenvalue weighted by molar-refractivity contribution is 0.240. The lowest BCUT2D eigenvalue weighted by Gasteiger charge is -2.17. The predicted molar refractivity (Wildman–Crippen MR) is 56.6 cm³/mol. The molecule has 1 saturated heterocycles. The van der Waals surface area contributed by atoms with E-state index in [1.807, 2.05) is 0 Å². The second kappa shape index (κ2) is 3.23. The summed E-state index contributed by atoms with van der Waals surface area (Å²) in [4.78, 5) is 0. The Bertz CT molecular complexity index is 252. The zero-order chi connectivity index (χ0) is 10.3. The second-order valence-corrected chi connectivity index (χ2v) is 5.40. The molecule has 14 heavy (non-hydrogen) atoms. The minimum atomic E-state index is 0.178. The van der Waals surface area contributed by atoms with Crippen LogP contribution in [0.5, 0.6) is 0 Å². The average molecular weight is 196 g/mol. The molecule has 0 aromatic heterocycles. The highest BCUT2D eigenvalue weighted by atomic mass is 16.5. The number of fused-ring (bicyclic) bond motifs is 1. The van der Waals surface area contributed by atoms with Gasteiger partial charge < -0.3 is 10.1 Å². The second-order valence-electron chi connectivity index (χ2n) is 5.40. The quantitative estimate of drug-likeness (QED) is 0.534. The van der Waals surface area contributed by atoms with Crippen molar-refractivity contribution in [3.8, 4) is 0 Å². The van der Waals surface area contributed by atoms with Crippen LogP contribution in [0.1, 0.15) is 33.6 Å². The molecule has 3 nitrogen and oxygen atoms in total. The number of piperidine rings is 1. The third-order valence-corrected chi connectivity index (χ3v) is 3.31. The monoisotopic (exact) mass is 196 g/mol. The summed E-state index contributed by atoms with van der Waals surface area (Å²) in [5.41, 5.74) is 0.470. The SMILES string of the molecule is CC(C)COC(=N)[C@@H]1C[C@]2(C)CC2N1. The number of nitrogens with one attached hydrogen (secondary N) is 2. The van der Waals surface area contributed by atoms with Gasteiger partial charge in [-0.2, -0.15) is 0 Å². The van der Waals surface area contributed by atoms with Crippen LogP contribution in [0.25, 0.3) is 0 Å². The summed E-state index contributed by atoms with van der Waals surface area (Å²) < 4.78 is 5.42. The van der Waals surface area contributed by atoms with Gasteiger partial charge in [-0.15, -0.1) is 0 Å². The fourth-order valence-electron chi connectivity index (χ4n) is 2.19. The fraction of sp³-hybridized carbons (Fsp3) is 0.909. The molecule has 1 saturated carbocycles. The molecule has 0 radical (unpaired) electrons. The highest BCUT2D eigenvalue weighted by Crippen LogP contribution is 2.53. The van der Waals surface area contributed by atoms with Crippen LogP contribution in [-0.2, 0) is 4.74 Å². The number of ether oxygens (including phenoxy) is 1. The minimum Gasteiger partial charge on any atom is -0.480 e. The van der Waals surface area contributed by atoms with Crippen molar-refractivity contribution in [1.82, 2.24) is 5.32 Å². The molecule has 2 aliphatic rings. The van der Waals surface area contributed by atoms with E-state index in [0.717, 1.165) is 6.42 Å². The minimum absolute atomic E-state index is 0.178. The molecule has 3 atom stereocenters. The van der Waals surface area contributed by atoms with Crippen molar-refractivity contribution < 1.29 is 4.74 Å². The lowest BCUT2D eigenvalue weighted by atomic mass is 10.0. The van der Waals surface area contributed by atoms with Crippen LogP contribution in [0, 0.1) is 16.7 Å². The smallest absolute Gasteiger partial charge is 0.198 e. The maximum Gasteiger partial charge on any atom is 0.198 e. The molecule has 1 unspecified atom stereocenters. The van der Waals surface area contributed by atoms with Gasteiger partial charge >= 0.3 is 0 Å².